The minimum absolute atomic E-state index is 0.0364. The topological polar surface area (TPSA) is 61.4 Å². The van der Waals surface area contributed by atoms with Crippen molar-refractivity contribution < 1.29 is 9.59 Å². The van der Waals surface area contributed by atoms with Gasteiger partial charge in [-0.1, -0.05) is 6.92 Å². The van der Waals surface area contributed by atoms with E-state index in [0.717, 1.165) is 32.5 Å². The van der Waals surface area contributed by atoms with Crippen molar-refractivity contribution >= 4 is 11.8 Å². The number of carbonyl (C=O) groups is 2. The van der Waals surface area contributed by atoms with Crippen LogP contribution in [0.25, 0.3) is 0 Å². The Balaban J connectivity index is 2.08. The summed E-state index contributed by atoms with van der Waals surface area (Å²) in [6, 6.07) is 0. The third-order valence-electron chi connectivity index (χ3n) is 2.67. The van der Waals surface area contributed by atoms with Crippen molar-refractivity contribution in [3.8, 4) is 0 Å². The van der Waals surface area contributed by atoms with Crippen LogP contribution in [0.3, 0.4) is 0 Å². The normalized spacial score (nSPS) is 15.2. The van der Waals surface area contributed by atoms with Crippen LogP contribution in [0, 0.1) is 0 Å². The lowest BCUT2D eigenvalue weighted by molar-refractivity contribution is -0.132. The Morgan fingerprint density at radius 3 is 2.56 bits per heavy atom. The average Bonchev–Trinajstić information content (AvgIpc) is 2.79. The molecule has 0 atom stereocenters. The maximum Gasteiger partial charge on any atom is 0.241 e. The number of nitrogens with zero attached hydrogens (tertiary/aromatic N) is 1. The van der Waals surface area contributed by atoms with Gasteiger partial charge in [0.1, 0.15) is 0 Å². The zero-order valence-corrected chi connectivity index (χ0v) is 9.92. The highest BCUT2D eigenvalue weighted by Gasteiger charge is 2.17. The van der Waals surface area contributed by atoms with E-state index < -0.39 is 0 Å². The van der Waals surface area contributed by atoms with Crippen LogP contribution in [0.15, 0.2) is 0 Å². The van der Waals surface area contributed by atoms with E-state index in [1.54, 1.807) is 0 Å². The smallest absolute Gasteiger partial charge is 0.241 e. The first-order valence-electron chi connectivity index (χ1n) is 5.99. The van der Waals surface area contributed by atoms with Crippen LogP contribution < -0.4 is 10.6 Å². The van der Waals surface area contributed by atoms with E-state index in [0.29, 0.717) is 13.0 Å². The van der Waals surface area contributed by atoms with E-state index in [1.807, 2.05) is 11.8 Å². The monoisotopic (exact) mass is 227 g/mol. The van der Waals surface area contributed by atoms with Crippen LogP contribution in [-0.2, 0) is 9.59 Å². The van der Waals surface area contributed by atoms with Crippen molar-refractivity contribution in [3.63, 3.8) is 0 Å². The number of carbonyl (C=O) groups excluding carboxylic acids is 2. The molecule has 0 unspecified atom stereocenters. The Hall–Kier alpha value is -1.10. The maximum atomic E-state index is 11.6. The standard InChI is InChI=1S/C11H21N3O2/c1-2-12-6-5-10(15)13-9-11(16)14-7-3-4-8-14/h12H,2-9H2,1H3,(H,13,15). The summed E-state index contributed by atoms with van der Waals surface area (Å²) in [5, 5.41) is 5.71. The van der Waals surface area contributed by atoms with Gasteiger partial charge in [-0.2, -0.15) is 0 Å². The molecule has 92 valence electrons. The molecular formula is C11H21N3O2. The summed E-state index contributed by atoms with van der Waals surface area (Å²) in [4.78, 5) is 24.7. The van der Waals surface area contributed by atoms with Gasteiger partial charge >= 0.3 is 0 Å². The van der Waals surface area contributed by atoms with Gasteiger partial charge in [0.15, 0.2) is 0 Å². The summed E-state index contributed by atoms with van der Waals surface area (Å²) in [7, 11) is 0. The van der Waals surface area contributed by atoms with Gasteiger partial charge in [-0.15, -0.1) is 0 Å². The maximum absolute atomic E-state index is 11.6. The quantitative estimate of drug-likeness (QED) is 0.614. The van der Waals surface area contributed by atoms with Crippen LogP contribution >= 0.6 is 0 Å². The molecule has 1 aliphatic heterocycles. The minimum atomic E-state index is -0.0616. The molecule has 1 saturated heterocycles. The zero-order valence-electron chi connectivity index (χ0n) is 9.92. The Bertz CT molecular complexity index is 237. The molecular weight excluding hydrogens is 206 g/mol. The third-order valence-corrected chi connectivity index (χ3v) is 2.67. The highest BCUT2D eigenvalue weighted by Crippen LogP contribution is 2.06. The fraction of sp³-hybridized carbons (Fsp3) is 0.818. The van der Waals surface area contributed by atoms with Crippen LogP contribution in [0.5, 0.6) is 0 Å². The number of nitrogens with one attached hydrogen (secondary N) is 2. The van der Waals surface area contributed by atoms with E-state index in [1.165, 1.54) is 0 Å². The van der Waals surface area contributed by atoms with Gasteiger partial charge in [-0.05, 0) is 19.4 Å². The van der Waals surface area contributed by atoms with Crippen molar-refractivity contribution in [1.82, 2.24) is 15.5 Å². The molecule has 1 aliphatic rings. The molecule has 0 bridgehead atoms. The van der Waals surface area contributed by atoms with Crippen LogP contribution in [-0.4, -0.2) is 49.4 Å². The lowest BCUT2D eigenvalue weighted by Gasteiger charge is -2.15. The average molecular weight is 227 g/mol. The molecule has 0 saturated carbocycles. The molecule has 2 amide bonds. The van der Waals surface area contributed by atoms with Crippen LogP contribution in [0.4, 0.5) is 0 Å². The number of likely N-dealkylation sites (tertiary alicyclic amines) is 1. The number of rotatable bonds is 6. The molecule has 1 rings (SSSR count). The van der Waals surface area contributed by atoms with Crippen molar-refractivity contribution in [2.75, 3.05) is 32.7 Å². The van der Waals surface area contributed by atoms with Gasteiger partial charge in [-0.25, -0.2) is 0 Å². The van der Waals surface area contributed by atoms with Gasteiger partial charge < -0.3 is 15.5 Å². The molecule has 0 aliphatic carbocycles. The Morgan fingerprint density at radius 1 is 1.25 bits per heavy atom. The van der Waals surface area contributed by atoms with E-state index in [-0.39, 0.29) is 18.4 Å². The number of hydrogen-bond donors (Lipinski definition) is 2. The van der Waals surface area contributed by atoms with Crippen LogP contribution in [0.1, 0.15) is 26.2 Å². The second kappa shape index (κ2) is 7.22. The largest absolute Gasteiger partial charge is 0.347 e. The Kier molecular flexibility index (Phi) is 5.85. The summed E-state index contributed by atoms with van der Waals surface area (Å²) in [6.07, 6.45) is 2.60. The second-order valence-corrected chi connectivity index (χ2v) is 3.97. The molecule has 0 radical (unpaired) electrons. The van der Waals surface area contributed by atoms with Crippen molar-refractivity contribution in [3.05, 3.63) is 0 Å². The molecule has 16 heavy (non-hydrogen) atoms. The first-order chi connectivity index (χ1) is 7.74. The highest BCUT2D eigenvalue weighted by atomic mass is 16.2. The number of amides is 2. The first-order valence-corrected chi connectivity index (χ1v) is 5.99. The second-order valence-electron chi connectivity index (χ2n) is 3.97. The molecule has 5 nitrogen and oxygen atoms in total. The molecule has 0 aromatic heterocycles. The molecule has 5 heteroatoms. The first kappa shape index (κ1) is 13.0. The van der Waals surface area contributed by atoms with E-state index in [9.17, 15) is 9.59 Å². The molecule has 1 heterocycles. The fourth-order valence-corrected chi connectivity index (χ4v) is 1.72. The summed E-state index contributed by atoms with van der Waals surface area (Å²) >= 11 is 0. The van der Waals surface area contributed by atoms with Gasteiger partial charge in [0.2, 0.25) is 11.8 Å². The van der Waals surface area contributed by atoms with Crippen molar-refractivity contribution in [2.24, 2.45) is 0 Å². The highest BCUT2D eigenvalue weighted by molar-refractivity contribution is 5.84. The van der Waals surface area contributed by atoms with Gasteiger partial charge in [0, 0.05) is 26.1 Å². The molecule has 0 aromatic carbocycles. The summed E-state index contributed by atoms with van der Waals surface area (Å²) < 4.78 is 0. The third kappa shape index (κ3) is 4.61. The fourth-order valence-electron chi connectivity index (χ4n) is 1.72. The van der Waals surface area contributed by atoms with E-state index >= 15 is 0 Å². The summed E-state index contributed by atoms with van der Waals surface area (Å²) in [6.45, 7) is 5.35. The van der Waals surface area contributed by atoms with Gasteiger partial charge in [0.25, 0.3) is 0 Å². The van der Waals surface area contributed by atoms with Gasteiger partial charge in [0.05, 0.1) is 6.54 Å². The molecule has 0 aromatic rings. The molecule has 0 spiro atoms. The number of hydrogen-bond acceptors (Lipinski definition) is 3. The lowest BCUT2D eigenvalue weighted by Crippen LogP contribution is -2.39. The minimum Gasteiger partial charge on any atom is -0.347 e. The Labute approximate surface area is 96.6 Å². The van der Waals surface area contributed by atoms with Crippen LogP contribution in [0.2, 0.25) is 0 Å². The lowest BCUT2D eigenvalue weighted by atomic mass is 10.4. The SMILES string of the molecule is CCNCCC(=O)NCC(=O)N1CCCC1. The zero-order chi connectivity index (χ0) is 11.8. The van der Waals surface area contributed by atoms with E-state index in [2.05, 4.69) is 10.6 Å². The summed E-state index contributed by atoms with van der Waals surface area (Å²) in [5.74, 6) is -0.0252. The molecule has 1 fully saturated rings. The Morgan fingerprint density at radius 2 is 1.94 bits per heavy atom. The van der Waals surface area contributed by atoms with Crippen molar-refractivity contribution in [1.29, 1.82) is 0 Å². The predicted molar refractivity (Wildman–Crippen MR) is 62.0 cm³/mol. The predicted octanol–water partition coefficient (Wildman–Crippen LogP) is -0.275. The molecule has 2 N–H and O–H groups in total. The van der Waals surface area contributed by atoms with Gasteiger partial charge in [-0.3, -0.25) is 9.59 Å². The van der Waals surface area contributed by atoms with E-state index in [4.69, 9.17) is 0 Å². The van der Waals surface area contributed by atoms with Crippen molar-refractivity contribution in [2.45, 2.75) is 26.2 Å². The summed E-state index contributed by atoms with van der Waals surface area (Å²) in [5.41, 5.74) is 0.